The van der Waals surface area contributed by atoms with E-state index < -0.39 is 15.8 Å². The average molecular weight is 286 g/mol. The number of rotatable bonds is 5. The second kappa shape index (κ2) is 5.98. The number of benzene rings is 1. The van der Waals surface area contributed by atoms with Gasteiger partial charge >= 0.3 is 0 Å². The van der Waals surface area contributed by atoms with Gasteiger partial charge in [0.1, 0.15) is 5.82 Å². The molecule has 1 saturated heterocycles. The summed E-state index contributed by atoms with van der Waals surface area (Å²) in [6, 6.07) is 4.18. The van der Waals surface area contributed by atoms with E-state index in [-0.39, 0.29) is 4.90 Å². The molecule has 0 saturated carbocycles. The van der Waals surface area contributed by atoms with Crippen LogP contribution in [0, 0.1) is 12.7 Å². The lowest BCUT2D eigenvalue weighted by molar-refractivity contribution is 0.538. The van der Waals surface area contributed by atoms with Crippen LogP contribution in [0.3, 0.4) is 0 Å². The highest BCUT2D eigenvalue weighted by molar-refractivity contribution is 7.89. The Morgan fingerprint density at radius 2 is 2.26 bits per heavy atom. The summed E-state index contributed by atoms with van der Waals surface area (Å²) in [6.07, 6.45) is 2.98. The summed E-state index contributed by atoms with van der Waals surface area (Å²) in [5.74, 6) is -0.538. The third-order valence-corrected chi connectivity index (χ3v) is 4.99. The van der Waals surface area contributed by atoms with Crippen LogP contribution in [0.15, 0.2) is 23.1 Å². The molecule has 0 aliphatic carbocycles. The first-order valence-electron chi connectivity index (χ1n) is 6.48. The molecule has 106 valence electrons. The summed E-state index contributed by atoms with van der Waals surface area (Å²) in [5, 5.41) is 3.31. The van der Waals surface area contributed by atoms with Crippen molar-refractivity contribution in [1.29, 1.82) is 0 Å². The fourth-order valence-electron chi connectivity index (χ4n) is 2.31. The zero-order valence-electron chi connectivity index (χ0n) is 10.9. The number of hydrogen-bond acceptors (Lipinski definition) is 3. The molecule has 2 N–H and O–H groups in total. The number of aryl methyl sites for hydroxylation is 1. The lowest BCUT2D eigenvalue weighted by Gasteiger charge is -2.12. The van der Waals surface area contributed by atoms with Crippen molar-refractivity contribution in [2.24, 2.45) is 0 Å². The van der Waals surface area contributed by atoms with Crippen LogP contribution in [-0.4, -0.2) is 27.5 Å². The normalized spacial score (nSPS) is 19.8. The first kappa shape index (κ1) is 14.4. The van der Waals surface area contributed by atoms with Crippen molar-refractivity contribution in [2.75, 3.05) is 13.1 Å². The Bertz CT molecular complexity index is 540. The van der Waals surface area contributed by atoms with E-state index in [4.69, 9.17) is 0 Å². The molecule has 1 aliphatic rings. The monoisotopic (exact) mass is 286 g/mol. The van der Waals surface area contributed by atoms with E-state index >= 15 is 0 Å². The van der Waals surface area contributed by atoms with Gasteiger partial charge in [0.2, 0.25) is 10.0 Å². The molecule has 0 spiro atoms. The molecule has 0 radical (unpaired) electrons. The van der Waals surface area contributed by atoms with E-state index in [9.17, 15) is 12.8 Å². The molecule has 1 atom stereocenters. The Morgan fingerprint density at radius 1 is 1.47 bits per heavy atom. The van der Waals surface area contributed by atoms with E-state index in [0.717, 1.165) is 31.9 Å². The molecule has 2 rings (SSSR count). The molecule has 19 heavy (non-hydrogen) atoms. The quantitative estimate of drug-likeness (QED) is 0.863. The molecule has 0 unspecified atom stereocenters. The lowest BCUT2D eigenvalue weighted by Crippen LogP contribution is -2.31. The fourth-order valence-corrected chi connectivity index (χ4v) is 3.61. The number of sulfonamides is 1. The summed E-state index contributed by atoms with van der Waals surface area (Å²) in [7, 11) is -3.62. The first-order chi connectivity index (χ1) is 8.99. The largest absolute Gasteiger partial charge is 0.314 e. The van der Waals surface area contributed by atoms with Gasteiger partial charge in [-0.05, 0) is 50.4 Å². The fraction of sp³-hybridized carbons (Fsp3) is 0.538. The molecule has 1 fully saturated rings. The summed E-state index contributed by atoms with van der Waals surface area (Å²) in [6.45, 7) is 3.03. The topological polar surface area (TPSA) is 58.2 Å². The number of nitrogens with one attached hydrogen (secondary N) is 2. The molecule has 1 aromatic rings. The minimum atomic E-state index is -3.62. The van der Waals surface area contributed by atoms with E-state index in [0.29, 0.717) is 18.2 Å². The van der Waals surface area contributed by atoms with Crippen molar-refractivity contribution >= 4 is 10.0 Å². The summed E-state index contributed by atoms with van der Waals surface area (Å²) >= 11 is 0. The maximum absolute atomic E-state index is 13.1. The zero-order chi connectivity index (χ0) is 13.9. The summed E-state index contributed by atoms with van der Waals surface area (Å²) in [4.78, 5) is 0.0203. The van der Waals surface area contributed by atoms with E-state index in [2.05, 4.69) is 10.0 Å². The first-order valence-corrected chi connectivity index (χ1v) is 7.96. The Labute approximate surface area is 113 Å². The molecule has 1 heterocycles. The molecule has 4 nitrogen and oxygen atoms in total. The molecule has 1 aromatic carbocycles. The van der Waals surface area contributed by atoms with Gasteiger partial charge in [0, 0.05) is 12.6 Å². The van der Waals surface area contributed by atoms with Crippen molar-refractivity contribution in [3.8, 4) is 0 Å². The Kier molecular flexibility index (Phi) is 4.54. The van der Waals surface area contributed by atoms with Gasteiger partial charge in [-0.1, -0.05) is 6.07 Å². The smallest absolute Gasteiger partial charge is 0.240 e. The predicted octanol–water partition coefficient (Wildman–Crippen LogP) is 1.55. The minimum Gasteiger partial charge on any atom is -0.314 e. The van der Waals surface area contributed by atoms with Crippen molar-refractivity contribution in [2.45, 2.75) is 37.1 Å². The Morgan fingerprint density at radius 3 is 2.95 bits per heavy atom. The van der Waals surface area contributed by atoms with Crippen LogP contribution in [-0.2, 0) is 10.0 Å². The third-order valence-electron chi connectivity index (χ3n) is 3.39. The third kappa shape index (κ3) is 3.75. The van der Waals surface area contributed by atoms with E-state index in [1.807, 2.05) is 0 Å². The maximum Gasteiger partial charge on any atom is 0.240 e. The highest BCUT2D eigenvalue weighted by Crippen LogP contribution is 2.16. The molecular formula is C13H19FN2O2S. The van der Waals surface area contributed by atoms with Gasteiger partial charge in [0.05, 0.1) is 4.90 Å². The van der Waals surface area contributed by atoms with Gasteiger partial charge in [-0.2, -0.15) is 0 Å². The minimum absolute atomic E-state index is 0.0203. The summed E-state index contributed by atoms with van der Waals surface area (Å²) in [5.41, 5.74) is 0.549. The van der Waals surface area contributed by atoms with Crippen LogP contribution in [0.5, 0.6) is 0 Å². The van der Waals surface area contributed by atoms with Gasteiger partial charge in [0.15, 0.2) is 0 Å². The number of hydrogen-bond donors (Lipinski definition) is 2. The van der Waals surface area contributed by atoms with Gasteiger partial charge in [-0.3, -0.25) is 0 Å². The van der Waals surface area contributed by atoms with Crippen molar-refractivity contribution in [3.63, 3.8) is 0 Å². The highest BCUT2D eigenvalue weighted by Gasteiger charge is 2.19. The Hall–Kier alpha value is -0.980. The van der Waals surface area contributed by atoms with Crippen LogP contribution < -0.4 is 10.0 Å². The van der Waals surface area contributed by atoms with Gasteiger partial charge < -0.3 is 5.32 Å². The van der Waals surface area contributed by atoms with Gasteiger partial charge in [-0.25, -0.2) is 17.5 Å². The van der Waals surface area contributed by atoms with Crippen LogP contribution in [0.25, 0.3) is 0 Å². The SMILES string of the molecule is Cc1ccc(F)cc1S(=O)(=O)NCC[C@@H]1CCCN1. The van der Waals surface area contributed by atoms with Crippen LogP contribution in [0.1, 0.15) is 24.8 Å². The van der Waals surface area contributed by atoms with Crippen LogP contribution in [0.2, 0.25) is 0 Å². The molecule has 0 amide bonds. The molecular weight excluding hydrogens is 267 g/mol. The van der Waals surface area contributed by atoms with Crippen molar-refractivity contribution in [1.82, 2.24) is 10.0 Å². The van der Waals surface area contributed by atoms with Crippen molar-refractivity contribution in [3.05, 3.63) is 29.6 Å². The van der Waals surface area contributed by atoms with E-state index in [1.54, 1.807) is 6.92 Å². The number of halogens is 1. The molecule has 6 heteroatoms. The van der Waals surface area contributed by atoms with Gasteiger partial charge in [0.25, 0.3) is 0 Å². The van der Waals surface area contributed by atoms with Crippen LogP contribution in [0.4, 0.5) is 4.39 Å². The second-order valence-electron chi connectivity index (χ2n) is 4.89. The predicted molar refractivity (Wildman–Crippen MR) is 72.0 cm³/mol. The molecule has 1 aliphatic heterocycles. The van der Waals surface area contributed by atoms with E-state index in [1.165, 1.54) is 12.1 Å². The van der Waals surface area contributed by atoms with Crippen LogP contribution >= 0.6 is 0 Å². The zero-order valence-corrected chi connectivity index (χ0v) is 11.8. The second-order valence-corrected chi connectivity index (χ2v) is 6.62. The standard InChI is InChI=1S/C13H19FN2O2S/c1-10-4-5-11(14)9-13(10)19(17,18)16-8-6-12-3-2-7-15-12/h4-5,9,12,15-16H,2-3,6-8H2,1H3/t12-/m0/s1. The van der Waals surface area contributed by atoms with Gasteiger partial charge in [-0.15, -0.1) is 0 Å². The maximum atomic E-state index is 13.1. The summed E-state index contributed by atoms with van der Waals surface area (Å²) < 4.78 is 39.8. The Balaban J connectivity index is 1.99. The molecule has 0 aromatic heterocycles. The average Bonchev–Trinajstić information content (AvgIpc) is 2.85. The van der Waals surface area contributed by atoms with Crippen molar-refractivity contribution < 1.29 is 12.8 Å². The highest BCUT2D eigenvalue weighted by atomic mass is 32.2. The molecule has 0 bridgehead atoms. The lowest BCUT2D eigenvalue weighted by atomic mass is 10.2.